The first-order valence-corrected chi connectivity index (χ1v) is 7.26. The minimum absolute atomic E-state index is 0.0667. The number of alkyl carbamates (subject to hydrolysis) is 1. The van der Waals surface area contributed by atoms with E-state index in [0.29, 0.717) is 12.1 Å². The van der Waals surface area contributed by atoms with Crippen molar-refractivity contribution in [3.05, 3.63) is 29.8 Å². The van der Waals surface area contributed by atoms with Crippen LogP contribution in [0.3, 0.4) is 0 Å². The van der Waals surface area contributed by atoms with Crippen molar-refractivity contribution in [2.45, 2.75) is 39.2 Å². The van der Waals surface area contributed by atoms with Crippen LogP contribution in [0.25, 0.3) is 0 Å². The lowest BCUT2D eigenvalue weighted by atomic mass is 10.1. The average Bonchev–Trinajstić information content (AvgIpc) is 2.37. The van der Waals surface area contributed by atoms with E-state index < -0.39 is 11.7 Å². The summed E-state index contributed by atoms with van der Waals surface area (Å²) in [6, 6.07) is 7.30. The fourth-order valence-corrected chi connectivity index (χ4v) is 1.75. The molecule has 1 aromatic carbocycles. The quantitative estimate of drug-likeness (QED) is 0.751. The number of ether oxygens (including phenoxy) is 1. The van der Waals surface area contributed by atoms with Gasteiger partial charge in [0.2, 0.25) is 5.91 Å². The standard InChI is InChI=1S/C16H24N2O4/c1-16(2,3)22-15(21)17-9-7-14(20)18-13-6-4-5-12(11-13)8-10-19/h4-6,11,19H,7-10H2,1-3H3,(H,17,21)(H,18,20). The number of amides is 2. The van der Waals surface area contributed by atoms with Crippen molar-refractivity contribution >= 4 is 17.7 Å². The highest BCUT2D eigenvalue weighted by Gasteiger charge is 2.15. The molecule has 3 N–H and O–H groups in total. The van der Waals surface area contributed by atoms with Gasteiger partial charge in [0.05, 0.1) is 0 Å². The van der Waals surface area contributed by atoms with Gasteiger partial charge in [-0.1, -0.05) is 12.1 Å². The van der Waals surface area contributed by atoms with E-state index in [0.717, 1.165) is 5.56 Å². The van der Waals surface area contributed by atoms with E-state index in [4.69, 9.17) is 9.84 Å². The maximum absolute atomic E-state index is 11.8. The summed E-state index contributed by atoms with van der Waals surface area (Å²) in [5.74, 6) is -0.197. The summed E-state index contributed by atoms with van der Waals surface area (Å²) in [6.07, 6.45) is 0.165. The van der Waals surface area contributed by atoms with E-state index >= 15 is 0 Å². The molecule has 0 fully saturated rings. The first kappa shape index (κ1) is 18.0. The van der Waals surface area contributed by atoms with E-state index in [9.17, 15) is 9.59 Å². The highest BCUT2D eigenvalue weighted by atomic mass is 16.6. The second-order valence-electron chi connectivity index (χ2n) is 5.90. The molecule has 6 heteroatoms. The number of carbonyl (C=O) groups is 2. The monoisotopic (exact) mass is 308 g/mol. The molecule has 0 aliphatic heterocycles. The highest BCUT2D eigenvalue weighted by molar-refractivity contribution is 5.91. The average molecular weight is 308 g/mol. The molecule has 0 aromatic heterocycles. The van der Waals surface area contributed by atoms with Crippen LogP contribution in [0.5, 0.6) is 0 Å². The molecule has 0 spiro atoms. The minimum atomic E-state index is -0.556. The Morgan fingerprint density at radius 2 is 2.00 bits per heavy atom. The van der Waals surface area contributed by atoms with Crippen LogP contribution >= 0.6 is 0 Å². The summed E-state index contributed by atoms with van der Waals surface area (Å²) < 4.78 is 5.07. The van der Waals surface area contributed by atoms with Crippen molar-refractivity contribution in [3.63, 3.8) is 0 Å². The molecule has 22 heavy (non-hydrogen) atoms. The molecule has 1 rings (SSSR count). The van der Waals surface area contributed by atoms with Crippen LogP contribution in [0.15, 0.2) is 24.3 Å². The zero-order chi connectivity index (χ0) is 16.6. The molecule has 0 aliphatic carbocycles. The van der Waals surface area contributed by atoms with Crippen LogP contribution in [0, 0.1) is 0 Å². The Hall–Kier alpha value is -2.08. The number of benzene rings is 1. The molecular weight excluding hydrogens is 284 g/mol. The summed E-state index contributed by atoms with van der Waals surface area (Å²) in [7, 11) is 0. The number of aliphatic hydroxyl groups is 1. The van der Waals surface area contributed by atoms with E-state index in [1.807, 2.05) is 18.2 Å². The number of hydrogen-bond acceptors (Lipinski definition) is 4. The largest absolute Gasteiger partial charge is 0.444 e. The molecular formula is C16H24N2O4. The Kier molecular flexibility index (Phi) is 6.85. The van der Waals surface area contributed by atoms with Gasteiger partial charge in [0, 0.05) is 25.3 Å². The first-order valence-electron chi connectivity index (χ1n) is 7.26. The Bertz CT molecular complexity index is 509. The Morgan fingerprint density at radius 1 is 1.27 bits per heavy atom. The maximum Gasteiger partial charge on any atom is 0.407 e. The predicted molar refractivity (Wildman–Crippen MR) is 84.7 cm³/mol. The van der Waals surface area contributed by atoms with Crippen molar-refractivity contribution in [2.75, 3.05) is 18.5 Å². The van der Waals surface area contributed by atoms with Crippen molar-refractivity contribution in [1.29, 1.82) is 0 Å². The lowest BCUT2D eigenvalue weighted by Crippen LogP contribution is -2.34. The summed E-state index contributed by atoms with van der Waals surface area (Å²) >= 11 is 0. The van der Waals surface area contributed by atoms with Gasteiger partial charge in [-0.05, 0) is 44.9 Å². The molecule has 0 saturated carbocycles. The van der Waals surface area contributed by atoms with Gasteiger partial charge in [-0.25, -0.2) is 4.79 Å². The van der Waals surface area contributed by atoms with Crippen LogP contribution in [0.2, 0.25) is 0 Å². The number of nitrogens with one attached hydrogen (secondary N) is 2. The molecule has 0 radical (unpaired) electrons. The zero-order valence-corrected chi connectivity index (χ0v) is 13.3. The van der Waals surface area contributed by atoms with Gasteiger partial charge in [-0.3, -0.25) is 4.79 Å². The van der Waals surface area contributed by atoms with Crippen LogP contribution in [-0.2, 0) is 16.0 Å². The fourth-order valence-electron chi connectivity index (χ4n) is 1.75. The van der Waals surface area contributed by atoms with Gasteiger partial charge in [0.15, 0.2) is 0 Å². The summed E-state index contributed by atoms with van der Waals surface area (Å²) in [4.78, 5) is 23.2. The number of anilines is 1. The summed E-state index contributed by atoms with van der Waals surface area (Å²) in [6.45, 7) is 5.60. The third kappa shape index (κ3) is 7.64. The Labute approximate surface area is 130 Å². The number of hydrogen-bond donors (Lipinski definition) is 3. The van der Waals surface area contributed by atoms with Crippen LogP contribution in [0.1, 0.15) is 32.8 Å². The highest BCUT2D eigenvalue weighted by Crippen LogP contribution is 2.11. The van der Waals surface area contributed by atoms with Crippen molar-refractivity contribution < 1.29 is 19.4 Å². The summed E-state index contributed by atoms with van der Waals surface area (Å²) in [5, 5.41) is 14.2. The maximum atomic E-state index is 11.8. The normalized spacial score (nSPS) is 10.9. The molecule has 0 heterocycles. The van der Waals surface area contributed by atoms with Gasteiger partial charge < -0.3 is 20.5 Å². The van der Waals surface area contributed by atoms with E-state index in [2.05, 4.69) is 10.6 Å². The van der Waals surface area contributed by atoms with Gasteiger partial charge in [-0.2, -0.15) is 0 Å². The number of rotatable bonds is 6. The Morgan fingerprint density at radius 3 is 2.64 bits per heavy atom. The van der Waals surface area contributed by atoms with E-state index in [-0.39, 0.29) is 25.5 Å². The molecule has 122 valence electrons. The smallest absolute Gasteiger partial charge is 0.407 e. The second kappa shape index (κ2) is 8.38. The van der Waals surface area contributed by atoms with Gasteiger partial charge in [0.1, 0.15) is 5.60 Å². The van der Waals surface area contributed by atoms with E-state index in [1.54, 1.807) is 26.8 Å². The summed E-state index contributed by atoms with van der Waals surface area (Å²) in [5.41, 5.74) is 1.07. The van der Waals surface area contributed by atoms with Gasteiger partial charge >= 0.3 is 6.09 Å². The van der Waals surface area contributed by atoms with Crippen molar-refractivity contribution in [3.8, 4) is 0 Å². The fraction of sp³-hybridized carbons (Fsp3) is 0.500. The predicted octanol–water partition coefficient (Wildman–Crippen LogP) is 2.07. The zero-order valence-electron chi connectivity index (χ0n) is 13.3. The van der Waals surface area contributed by atoms with E-state index in [1.165, 1.54) is 0 Å². The number of aliphatic hydroxyl groups excluding tert-OH is 1. The first-order chi connectivity index (χ1) is 10.3. The topological polar surface area (TPSA) is 87.7 Å². The molecule has 6 nitrogen and oxygen atoms in total. The van der Waals surface area contributed by atoms with Crippen LogP contribution in [-0.4, -0.2) is 35.9 Å². The van der Waals surface area contributed by atoms with Crippen molar-refractivity contribution in [1.82, 2.24) is 5.32 Å². The third-order valence-electron chi connectivity index (χ3n) is 2.63. The van der Waals surface area contributed by atoms with Gasteiger partial charge in [-0.15, -0.1) is 0 Å². The van der Waals surface area contributed by atoms with Crippen molar-refractivity contribution in [2.24, 2.45) is 0 Å². The lowest BCUT2D eigenvalue weighted by Gasteiger charge is -2.19. The molecule has 0 bridgehead atoms. The lowest BCUT2D eigenvalue weighted by molar-refractivity contribution is -0.116. The molecule has 0 aliphatic rings. The minimum Gasteiger partial charge on any atom is -0.444 e. The SMILES string of the molecule is CC(C)(C)OC(=O)NCCC(=O)Nc1cccc(CCO)c1. The van der Waals surface area contributed by atoms with Crippen LogP contribution in [0.4, 0.5) is 10.5 Å². The third-order valence-corrected chi connectivity index (χ3v) is 2.63. The molecule has 0 saturated heterocycles. The van der Waals surface area contributed by atoms with Gasteiger partial charge in [0.25, 0.3) is 0 Å². The van der Waals surface area contributed by atoms with Crippen LogP contribution < -0.4 is 10.6 Å². The molecule has 1 aromatic rings. The molecule has 2 amide bonds. The number of carbonyl (C=O) groups excluding carboxylic acids is 2. The Balaban J connectivity index is 2.34. The second-order valence-corrected chi connectivity index (χ2v) is 5.90. The molecule has 0 atom stereocenters. The molecule has 0 unspecified atom stereocenters.